The number of esters is 2. The van der Waals surface area contributed by atoms with Gasteiger partial charge in [0.25, 0.3) is 0 Å². The third-order valence-corrected chi connectivity index (χ3v) is 19.7. The molecule has 2 heterocycles. The summed E-state index contributed by atoms with van der Waals surface area (Å²) in [6.45, 7) is 29.6. The van der Waals surface area contributed by atoms with E-state index in [9.17, 15) is 9.59 Å². The average Bonchev–Trinajstić information content (AvgIpc) is 3.42. The highest BCUT2D eigenvalue weighted by atomic mass is 28.4. The fourth-order valence-corrected chi connectivity index (χ4v) is 15.4. The number of hydrogen-bond acceptors (Lipinski definition) is 11. The standard InChI is InChI=1S/C43H66O11Si3/c1-16-57(17-2,18-3)52-32-24-33-41(26-47-33,49-29(6)45)36-38-42(53-43(50-38,54-56(13,14)15)30-22-20-19-21-23-30)25-31(51-55(10,11)12)27(4)34(39(42,7)8)35(48-28(5)44)37(46)40(32,36)9/h19-23,25,32-33,35-36,38H,16-18,24,26H2,1-15H3/t32-,33+,35+,36-,38-,40+,41-,42+,43-/m0/s1. The maximum Gasteiger partial charge on any atom is 0.303 e. The number of carbonyl (C=O) groups excluding carboxylic acids is 3. The van der Waals surface area contributed by atoms with Crippen LogP contribution < -0.4 is 0 Å². The third kappa shape index (κ3) is 7.01. The summed E-state index contributed by atoms with van der Waals surface area (Å²) in [5.41, 5.74) is -3.45. The SMILES string of the molecule is CC[Si](CC)(CC)O[C@H]1C[C@H]2OC[C@@]2(OC(C)=O)[C@H]2[C@@H]3O[C@@](O[Si](C)(C)C)(c4ccccc4)O[C@]34C=C(O[Si](C)(C)C)C(C)=C([C@@H](OC(C)=O)C(=O)[C@]12C)C4(C)C. The monoisotopic (exact) mass is 842 g/mol. The molecule has 0 N–H and O–H groups in total. The minimum absolute atomic E-state index is 0.0287. The number of rotatable bonds is 12. The van der Waals surface area contributed by atoms with E-state index >= 15 is 4.79 Å². The number of carbonyl (C=O) groups is 3. The molecule has 0 amide bonds. The number of allylic oxidation sites excluding steroid dienone is 1. The second-order valence-electron chi connectivity index (χ2n) is 19.5. The van der Waals surface area contributed by atoms with E-state index in [1.165, 1.54) is 13.8 Å². The molecule has 1 spiro atoms. The van der Waals surface area contributed by atoms with Crippen LogP contribution in [0.1, 0.15) is 74.3 Å². The van der Waals surface area contributed by atoms with E-state index in [-0.39, 0.29) is 12.4 Å². The Kier molecular flexibility index (Phi) is 11.3. The first-order valence-electron chi connectivity index (χ1n) is 20.8. The number of fused-ring (bicyclic) bond motifs is 5. The molecule has 1 aromatic rings. The topological polar surface area (TPSA) is 125 Å². The van der Waals surface area contributed by atoms with Crippen molar-refractivity contribution >= 4 is 42.7 Å². The summed E-state index contributed by atoms with van der Waals surface area (Å²) < 4.78 is 56.1. The second kappa shape index (κ2) is 14.6. The zero-order valence-electron chi connectivity index (χ0n) is 36.9. The van der Waals surface area contributed by atoms with Crippen LogP contribution in [-0.4, -0.2) is 84.9 Å². The Morgan fingerprint density at radius 3 is 2.00 bits per heavy atom. The van der Waals surface area contributed by atoms with E-state index in [4.69, 9.17) is 37.0 Å². The van der Waals surface area contributed by atoms with Crippen molar-refractivity contribution in [3.05, 3.63) is 58.9 Å². The molecule has 2 bridgehead atoms. The predicted molar refractivity (Wildman–Crippen MR) is 223 cm³/mol. The van der Waals surface area contributed by atoms with Gasteiger partial charge in [-0.15, -0.1) is 0 Å². The molecule has 6 rings (SSSR count). The molecule has 316 valence electrons. The molecule has 11 nitrogen and oxygen atoms in total. The lowest BCUT2D eigenvalue weighted by atomic mass is 9.45. The zero-order valence-corrected chi connectivity index (χ0v) is 39.9. The Bertz CT molecular complexity index is 1820. The number of ketones is 1. The van der Waals surface area contributed by atoms with Crippen molar-refractivity contribution in [2.24, 2.45) is 16.7 Å². The Morgan fingerprint density at radius 1 is 0.895 bits per heavy atom. The van der Waals surface area contributed by atoms with E-state index in [0.29, 0.717) is 28.9 Å². The van der Waals surface area contributed by atoms with E-state index in [0.717, 1.165) is 18.1 Å². The fraction of sp³-hybridized carbons (Fsp3) is 0.698. The van der Waals surface area contributed by atoms with Gasteiger partial charge in [0.05, 0.1) is 18.1 Å². The van der Waals surface area contributed by atoms with E-state index in [1.807, 2.05) is 64.1 Å². The molecule has 57 heavy (non-hydrogen) atoms. The number of Topliss-reactive ketones (excluding diaryl/α,β-unsaturated/α-hetero) is 1. The molecule has 14 heteroatoms. The molecule has 9 atom stereocenters. The van der Waals surface area contributed by atoms with Crippen molar-refractivity contribution in [2.45, 2.75) is 168 Å². The van der Waals surface area contributed by atoms with Gasteiger partial charge in [-0.05, 0) is 88.5 Å². The lowest BCUT2D eigenvalue weighted by Crippen LogP contribution is -2.81. The molecule has 2 saturated heterocycles. The van der Waals surface area contributed by atoms with Gasteiger partial charge in [-0.3, -0.25) is 14.4 Å². The van der Waals surface area contributed by atoms with Gasteiger partial charge in [0.1, 0.15) is 23.6 Å². The molecule has 2 saturated carbocycles. The van der Waals surface area contributed by atoms with Gasteiger partial charge in [0.15, 0.2) is 34.1 Å². The van der Waals surface area contributed by atoms with Gasteiger partial charge in [-0.2, -0.15) is 0 Å². The van der Waals surface area contributed by atoms with E-state index in [1.54, 1.807) is 0 Å². The van der Waals surface area contributed by atoms with Crippen molar-refractivity contribution in [1.29, 1.82) is 0 Å². The molecule has 2 aliphatic heterocycles. The van der Waals surface area contributed by atoms with Crippen molar-refractivity contribution in [3.63, 3.8) is 0 Å². The molecule has 0 aromatic heterocycles. The summed E-state index contributed by atoms with van der Waals surface area (Å²) in [5.74, 6) is -3.62. The van der Waals surface area contributed by atoms with Crippen molar-refractivity contribution < 1.29 is 51.3 Å². The van der Waals surface area contributed by atoms with Crippen molar-refractivity contribution in [2.75, 3.05) is 6.61 Å². The average molecular weight is 843 g/mol. The quantitative estimate of drug-likeness (QED) is 0.149. The smallest absolute Gasteiger partial charge is 0.303 e. The summed E-state index contributed by atoms with van der Waals surface area (Å²) >= 11 is 0. The highest BCUT2D eigenvalue weighted by molar-refractivity contribution is 6.73. The van der Waals surface area contributed by atoms with Gasteiger partial charge in [-0.1, -0.05) is 65.0 Å². The minimum atomic E-state index is -2.53. The number of hydrogen-bond donors (Lipinski definition) is 0. The molecular formula is C43H66O11Si3. The first-order chi connectivity index (χ1) is 26.3. The van der Waals surface area contributed by atoms with Crippen LogP contribution >= 0.6 is 0 Å². The highest BCUT2D eigenvalue weighted by Crippen LogP contribution is 2.69. The first kappa shape index (κ1) is 44.1. The van der Waals surface area contributed by atoms with Crippen LogP contribution in [0.4, 0.5) is 0 Å². The highest BCUT2D eigenvalue weighted by Gasteiger charge is 2.81. The summed E-state index contributed by atoms with van der Waals surface area (Å²) in [6, 6.07) is 12.1. The van der Waals surface area contributed by atoms with Crippen LogP contribution in [0, 0.1) is 16.7 Å². The third-order valence-electron chi connectivity index (χ3n) is 13.4. The second-order valence-corrected chi connectivity index (χ2v) is 33.1. The van der Waals surface area contributed by atoms with Crippen molar-refractivity contribution in [1.82, 2.24) is 0 Å². The van der Waals surface area contributed by atoms with Gasteiger partial charge < -0.3 is 37.0 Å². The van der Waals surface area contributed by atoms with Gasteiger partial charge in [-0.25, -0.2) is 0 Å². The first-order valence-corrected chi connectivity index (χ1v) is 30.1. The van der Waals surface area contributed by atoms with Crippen LogP contribution in [0.3, 0.4) is 0 Å². The van der Waals surface area contributed by atoms with Gasteiger partial charge in [0, 0.05) is 37.2 Å². The zero-order chi connectivity index (χ0) is 42.4. The predicted octanol–water partition coefficient (Wildman–Crippen LogP) is 8.53. The summed E-state index contributed by atoms with van der Waals surface area (Å²) in [5, 5.41) is 0. The molecule has 1 aromatic carbocycles. The maximum atomic E-state index is 16.3. The van der Waals surface area contributed by atoms with Gasteiger partial charge >= 0.3 is 17.9 Å². The summed E-state index contributed by atoms with van der Waals surface area (Å²) in [7, 11) is -7.30. The van der Waals surface area contributed by atoms with E-state index in [2.05, 4.69) is 60.1 Å². The van der Waals surface area contributed by atoms with Crippen LogP contribution in [0.2, 0.25) is 57.4 Å². The van der Waals surface area contributed by atoms with Gasteiger partial charge in [0.2, 0.25) is 8.32 Å². The Morgan fingerprint density at radius 2 is 1.51 bits per heavy atom. The maximum absolute atomic E-state index is 16.3. The summed E-state index contributed by atoms with van der Waals surface area (Å²) in [4.78, 5) is 43.0. The molecule has 4 fully saturated rings. The molecule has 0 unspecified atom stereocenters. The van der Waals surface area contributed by atoms with Crippen LogP contribution in [0.15, 0.2) is 53.3 Å². The van der Waals surface area contributed by atoms with Crippen LogP contribution in [-0.2, 0) is 57.3 Å². The van der Waals surface area contributed by atoms with Crippen molar-refractivity contribution in [3.8, 4) is 0 Å². The lowest BCUT2D eigenvalue weighted by molar-refractivity contribution is -0.350. The molecular weight excluding hydrogens is 777 g/mol. The van der Waals surface area contributed by atoms with Crippen LogP contribution in [0.25, 0.3) is 0 Å². The Balaban J connectivity index is 1.79. The Labute approximate surface area is 342 Å². The summed E-state index contributed by atoms with van der Waals surface area (Å²) in [6.07, 6.45) is -1.37. The molecule has 3 aliphatic carbocycles. The normalized spacial score (nSPS) is 36.1. The molecule has 5 aliphatic rings. The van der Waals surface area contributed by atoms with E-state index < -0.39 is 95.2 Å². The van der Waals surface area contributed by atoms with Crippen LogP contribution in [0.5, 0.6) is 0 Å². The fourth-order valence-electron chi connectivity index (χ4n) is 10.5. The largest absolute Gasteiger partial charge is 0.544 e. The lowest BCUT2D eigenvalue weighted by Gasteiger charge is -2.67. The molecule has 0 radical (unpaired) electrons. The number of ether oxygens (including phenoxy) is 5. The minimum Gasteiger partial charge on any atom is -0.544 e. The number of benzene rings is 1. The Hall–Kier alpha value is -2.44.